The maximum absolute atomic E-state index is 8.86. The van der Waals surface area contributed by atoms with E-state index in [4.69, 9.17) is 9.84 Å². The minimum atomic E-state index is 0.203. The molecule has 0 spiro atoms. The Morgan fingerprint density at radius 3 is 2.74 bits per heavy atom. The van der Waals surface area contributed by atoms with E-state index in [9.17, 15) is 0 Å². The van der Waals surface area contributed by atoms with Gasteiger partial charge in [-0.15, -0.1) is 0 Å². The zero-order valence-corrected chi connectivity index (χ0v) is 11.8. The lowest BCUT2D eigenvalue weighted by atomic mass is 10.0. The van der Waals surface area contributed by atoms with Crippen LogP contribution in [0.1, 0.15) is 31.2 Å². The highest BCUT2D eigenvalue weighted by molar-refractivity contribution is 5.27. The summed E-state index contributed by atoms with van der Waals surface area (Å²) in [6.07, 6.45) is 5.81. The Morgan fingerprint density at radius 2 is 2.05 bits per heavy atom. The summed E-state index contributed by atoms with van der Waals surface area (Å²) in [4.78, 5) is 2.46. The van der Waals surface area contributed by atoms with Crippen LogP contribution in [0.15, 0.2) is 24.3 Å². The Kier molecular flexibility index (Phi) is 5.67. The van der Waals surface area contributed by atoms with Gasteiger partial charge >= 0.3 is 0 Å². The average Bonchev–Trinajstić information content (AvgIpc) is 2.43. The van der Waals surface area contributed by atoms with Gasteiger partial charge in [-0.05, 0) is 57.0 Å². The number of aliphatic hydroxyl groups excluding tert-OH is 1. The van der Waals surface area contributed by atoms with Gasteiger partial charge in [-0.2, -0.15) is 0 Å². The lowest BCUT2D eigenvalue weighted by Crippen LogP contribution is -2.37. The summed E-state index contributed by atoms with van der Waals surface area (Å²) in [5.74, 6) is 0.931. The molecule has 1 saturated heterocycles. The molecule has 19 heavy (non-hydrogen) atoms. The van der Waals surface area contributed by atoms with Crippen LogP contribution in [0.5, 0.6) is 5.75 Å². The van der Waals surface area contributed by atoms with Crippen LogP contribution < -0.4 is 4.74 Å². The first-order valence-corrected chi connectivity index (χ1v) is 7.32. The van der Waals surface area contributed by atoms with Crippen LogP contribution in [0.3, 0.4) is 0 Å². The third-order valence-electron chi connectivity index (χ3n) is 3.97. The predicted molar refractivity (Wildman–Crippen MR) is 77.6 cm³/mol. The second-order valence-corrected chi connectivity index (χ2v) is 5.38. The normalized spacial score (nSPS) is 20.4. The second kappa shape index (κ2) is 7.51. The summed E-state index contributed by atoms with van der Waals surface area (Å²) in [6.45, 7) is 2.21. The van der Waals surface area contributed by atoms with Crippen molar-refractivity contribution in [3.05, 3.63) is 29.8 Å². The maximum atomic E-state index is 8.86. The van der Waals surface area contributed by atoms with Crippen molar-refractivity contribution in [1.82, 2.24) is 4.90 Å². The fraction of sp³-hybridized carbons (Fsp3) is 0.625. The fourth-order valence-electron chi connectivity index (χ4n) is 2.70. The van der Waals surface area contributed by atoms with Crippen molar-refractivity contribution in [3.8, 4) is 5.75 Å². The van der Waals surface area contributed by atoms with Gasteiger partial charge in [0.25, 0.3) is 0 Å². The van der Waals surface area contributed by atoms with E-state index in [-0.39, 0.29) is 6.61 Å². The molecule has 2 rings (SSSR count). The summed E-state index contributed by atoms with van der Waals surface area (Å²) < 4.78 is 5.80. The van der Waals surface area contributed by atoms with E-state index < -0.39 is 0 Å². The topological polar surface area (TPSA) is 32.7 Å². The molecule has 0 radical (unpaired) electrons. The van der Waals surface area contributed by atoms with Crippen LogP contribution in [0, 0.1) is 0 Å². The fourth-order valence-corrected chi connectivity index (χ4v) is 2.70. The van der Waals surface area contributed by atoms with E-state index in [1.165, 1.54) is 25.8 Å². The molecule has 0 aromatic heterocycles. The molecule has 3 nitrogen and oxygen atoms in total. The Bertz CT molecular complexity index is 364. The first kappa shape index (κ1) is 14.4. The predicted octanol–water partition coefficient (Wildman–Crippen LogP) is 2.47. The summed E-state index contributed by atoms with van der Waals surface area (Å²) in [5.41, 5.74) is 1.15. The molecule has 1 aliphatic heterocycles. The standard InChI is InChI=1S/C16H25NO2/c1-17-11-3-2-4-15(17)10-13-19-16-7-5-14(6-8-16)9-12-18/h5-8,15,18H,2-4,9-13H2,1H3. The Labute approximate surface area is 116 Å². The highest BCUT2D eigenvalue weighted by Crippen LogP contribution is 2.19. The van der Waals surface area contributed by atoms with Crippen LogP contribution in [0.4, 0.5) is 0 Å². The van der Waals surface area contributed by atoms with E-state index in [1.807, 2.05) is 24.3 Å². The van der Waals surface area contributed by atoms with Crippen molar-refractivity contribution in [2.24, 2.45) is 0 Å². The Hall–Kier alpha value is -1.06. The molecule has 1 aromatic carbocycles. The Morgan fingerprint density at radius 1 is 1.26 bits per heavy atom. The van der Waals surface area contributed by atoms with E-state index in [2.05, 4.69) is 11.9 Å². The van der Waals surface area contributed by atoms with E-state index in [1.54, 1.807) is 0 Å². The van der Waals surface area contributed by atoms with Crippen LogP contribution in [0.25, 0.3) is 0 Å². The minimum absolute atomic E-state index is 0.203. The molecule has 1 N–H and O–H groups in total. The highest BCUT2D eigenvalue weighted by Gasteiger charge is 2.18. The number of nitrogens with zero attached hydrogens (tertiary/aromatic N) is 1. The molecule has 106 valence electrons. The Balaban J connectivity index is 1.72. The van der Waals surface area contributed by atoms with Crippen molar-refractivity contribution >= 4 is 0 Å². The van der Waals surface area contributed by atoms with Crippen LogP contribution in [-0.4, -0.2) is 42.9 Å². The summed E-state index contributed by atoms with van der Waals surface area (Å²) >= 11 is 0. The van der Waals surface area contributed by atoms with E-state index >= 15 is 0 Å². The highest BCUT2D eigenvalue weighted by atomic mass is 16.5. The molecule has 0 saturated carbocycles. The third kappa shape index (κ3) is 4.51. The number of ether oxygens (including phenoxy) is 1. The number of hydrogen-bond acceptors (Lipinski definition) is 3. The van der Waals surface area contributed by atoms with Crippen molar-refractivity contribution in [1.29, 1.82) is 0 Å². The van der Waals surface area contributed by atoms with Crippen molar-refractivity contribution < 1.29 is 9.84 Å². The van der Waals surface area contributed by atoms with Gasteiger partial charge in [0.05, 0.1) is 6.61 Å². The minimum Gasteiger partial charge on any atom is -0.494 e. The zero-order chi connectivity index (χ0) is 13.5. The molecular formula is C16H25NO2. The van der Waals surface area contributed by atoms with Crippen LogP contribution >= 0.6 is 0 Å². The summed E-state index contributed by atoms with van der Waals surface area (Å²) in [7, 11) is 2.22. The molecule has 0 aliphatic carbocycles. The molecule has 1 aliphatic rings. The lowest BCUT2D eigenvalue weighted by molar-refractivity contribution is 0.153. The monoisotopic (exact) mass is 263 g/mol. The molecule has 3 heteroatoms. The van der Waals surface area contributed by atoms with Crippen molar-refractivity contribution in [3.63, 3.8) is 0 Å². The van der Waals surface area contributed by atoms with Crippen molar-refractivity contribution in [2.75, 3.05) is 26.8 Å². The van der Waals surface area contributed by atoms with Crippen LogP contribution in [-0.2, 0) is 6.42 Å². The molecule has 1 aromatic rings. The zero-order valence-electron chi connectivity index (χ0n) is 11.8. The molecule has 1 heterocycles. The van der Waals surface area contributed by atoms with Gasteiger partial charge < -0.3 is 14.7 Å². The van der Waals surface area contributed by atoms with Gasteiger partial charge in [0, 0.05) is 12.6 Å². The lowest BCUT2D eigenvalue weighted by Gasteiger charge is -2.32. The smallest absolute Gasteiger partial charge is 0.119 e. The van der Waals surface area contributed by atoms with Gasteiger partial charge in [-0.25, -0.2) is 0 Å². The number of aliphatic hydroxyl groups is 1. The number of rotatable bonds is 6. The summed E-state index contributed by atoms with van der Waals surface area (Å²) in [5, 5.41) is 8.86. The van der Waals surface area contributed by atoms with E-state index in [0.29, 0.717) is 12.5 Å². The summed E-state index contributed by atoms with van der Waals surface area (Å²) in [6, 6.07) is 8.73. The SMILES string of the molecule is CN1CCCCC1CCOc1ccc(CCO)cc1. The average molecular weight is 263 g/mol. The maximum Gasteiger partial charge on any atom is 0.119 e. The largest absolute Gasteiger partial charge is 0.494 e. The molecular weight excluding hydrogens is 238 g/mol. The first-order valence-electron chi connectivity index (χ1n) is 7.32. The van der Waals surface area contributed by atoms with Gasteiger partial charge in [-0.3, -0.25) is 0 Å². The van der Waals surface area contributed by atoms with Gasteiger partial charge in [0.2, 0.25) is 0 Å². The third-order valence-corrected chi connectivity index (χ3v) is 3.97. The number of piperidine rings is 1. The van der Waals surface area contributed by atoms with Gasteiger partial charge in [-0.1, -0.05) is 18.6 Å². The second-order valence-electron chi connectivity index (χ2n) is 5.38. The van der Waals surface area contributed by atoms with Crippen molar-refractivity contribution in [2.45, 2.75) is 38.1 Å². The molecule has 0 amide bonds. The number of hydrogen-bond donors (Lipinski definition) is 1. The first-order chi connectivity index (χ1) is 9.29. The molecule has 1 atom stereocenters. The van der Waals surface area contributed by atoms with Gasteiger partial charge in [0.1, 0.15) is 5.75 Å². The van der Waals surface area contributed by atoms with Crippen LogP contribution in [0.2, 0.25) is 0 Å². The quantitative estimate of drug-likeness (QED) is 0.856. The van der Waals surface area contributed by atoms with Gasteiger partial charge in [0.15, 0.2) is 0 Å². The number of likely N-dealkylation sites (tertiary alicyclic amines) is 1. The molecule has 0 bridgehead atoms. The molecule has 1 unspecified atom stereocenters. The molecule has 1 fully saturated rings. The number of benzene rings is 1. The van der Waals surface area contributed by atoms with E-state index in [0.717, 1.165) is 24.3 Å².